The van der Waals surface area contributed by atoms with Crippen LogP contribution in [0.4, 0.5) is 15.8 Å². The molecule has 0 saturated heterocycles. The van der Waals surface area contributed by atoms with Gasteiger partial charge in [-0.3, -0.25) is 9.03 Å². The summed E-state index contributed by atoms with van der Waals surface area (Å²) >= 11 is 5.78. The number of sulfonamides is 2. The first-order chi connectivity index (χ1) is 11.0. The molecule has 130 valence electrons. The SMILES string of the molecule is CN(c1ccc(F)cc1NS(=O)(=O)c1cccc(Cl)c1)S(C)(=O)=O. The maximum Gasteiger partial charge on any atom is 0.262 e. The van der Waals surface area contributed by atoms with Gasteiger partial charge in [0.2, 0.25) is 10.0 Å². The monoisotopic (exact) mass is 392 g/mol. The number of hydrogen-bond acceptors (Lipinski definition) is 4. The minimum Gasteiger partial charge on any atom is -0.277 e. The third-order valence-corrected chi connectivity index (χ3v) is 5.94. The molecule has 0 heterocycles. The van der Waals surface area contributed by atoms with Crippen LogP contribution in [-0.4, -0.2) is 30.1 Å². The Bertz CT molecular complexity index is 978. The molecule has 0 radical (unpaired) electrons. The minimum absolute atomic E-state index is 0.00972. The molecule has 0 aliphatic heterocycles. The van der Waals surface area contributed by atoms with Crippen molar-refractivity contribution in [2.24, 2.45) is 0 Å². The molecule has 0 atom stereocenters. The lowest BCUT2D eigenvalue weighted by molar-refractivity contribution is 0.597. The third kappa shape index (κ3) is 4.16. The number of halogens is 2. The van der Waals surface area contributed by atoms with E-state index in [-0.39, 0.29) is 21.3 Å². The van der Waals surface area contributed by atoms with Gasteiger partial charge in [0.25, 0.3) is 10.0 Å². The van der Waals surface area contributed by atoms with Crippen LogP contribution in [0.3, 0.4) is 0 Å². The van der Waals surface area contributed by atoms with Crippen molar-refractivity contribution >= 4 is 43.0 Å². The number of rotatable bonds is 5. The second-order valence-corrected chi connectivity index (χ2v) is 9.09. The summed E-state index contributed by atoms with van der Waals surface area (Å²) in [6, 6.07) is 8.60. The molecule has 2 rings (SSSR count). The highest BCUT2D eigenvalue weighted by atomic mass is 35.5. The van der Waals surface area contributed by atoms with Gasteiger partial charge < -0.3 is 0 Å². The van der Waals surface area contributed by atoms with Gasteiger partial charge in [-0.25, -0.2) is 21.2 Å². The lowest BCUT2D eigenvalue weighted by atomic mass is 10.2. The summed E-state index contributed by atoms with van der Waals surface area (Å²) in [4.78, 5) is -0.132. The maximum atomic E-state index is 13.5. The van der Waals surface area contributed by atoms with Gasteiger partial charge >= 0.3 is 0 Å². The molecule has 1 N–H and O–H groups in total. The van der Waals surface area contributed by atoms with Crippen molar-refractivity contribution in [3.63, 3.8) is 0 Å². The first kappa shape index (κ1) is 18.5. The van der Waals surface area contributed by atoms with Crippen molar-refractivity contribution in [1.29, 1.82) is 0 Å². The summed E-state index contributed by atoms with van der Waals surface area (Å²) in [5.74, 6) is -0.718. The number of nitrogens with zero attached hydrogens (tertiary/aromatic N) is 1. The lowest BCUT2D eigenvalue weighted by Gasteiger charge is -2.21. The van der Waals surface area contributed by atoms with Crippen LogP contribution in [0.5, 0.6) is 0 Å². The zero-order chi connectivity index (χ0) is 18.1. The van der Waals surface area contributed by atoms with Crippen LogP contribution < -0.4 is 9.03 Å². The van der Waals surface area contributed by atoms with Gasteiger partial charge in [-0.15, -0.1) is 0 Å². The van der Waals surface area contributed by atoms with E-state index in [1.807, 2.05) is 0 Å². The van der Waals surface area contributed by atoms with Crippen LogP contribution in [0.2, 0.25) is 5.02 Å². The number of nitrogens with one attached hydrogen (secondary N) is 1. The molecule has 0 unspecified atom stereocenters. The van der Waals surface area contributed by atoms with Crippen LogP contribution in [0, 0.1) is 5.82 Å². The average Bonchev–Trinajstić information content (AvgIpc) is 2.45. The maximum absolute atomic E-state index is 13.5. The molecule has 0 bridgehead atoms. The third-order valence-electron chi connectivity index (χ3n) is 3.15. The molecule has 0 aromatic heterocycles. The zero-order valence-corrected chi connectivity index (χ0v) is 15.1. The highest BCUT2D eigenvalue weighted by Gasteiger charge is 2.21. The molecular weight excluding hydrogens is 379 g/mol. The van der Waals surface area contributed by atoms with Gasteiger partial charge in [0.05, 0.1) is 22.5 Å². The molecular formula is C14H14ClFN2O4S2. The molecule has 0 amide bonds. The molecule has 0 aliphatic rings. The second-order valence-electron chi connectivity index (χ2n) is 4.95. The Balaban J connectivity index is 2.51. The van der Waals surface area contributed by atoms with Crippen molar-refractivity contribution in [2.45, 2.75) is 4.90 Å². The van der Waals surface area contributed by atoms with E-state index < -0.39 is 25.9 Å². The molecule has 0 saturated carbocycles. The van der Waals surface area contributed by atoms with Gasteiger partial charge in [0.15, 0.2) is 0 Å². The fourth-order valence-electron chi connectivity index (χ4n) is 1.88. The van der Waals surface area contributed by atoms with Crippen LogP contribution in [0.25, 0.3) is 0 Å². The van der Waals surface area contributed by atoms with Crippen molar-refractivity contribution < 1.29 is 21.2 Å². The normalized spacial score (nSPS) is 12.0. The Morgan fingerprint density at radius 1 is 1.08 bits per heavy atom. The molecule has 0 aliphatic carbocycles. The highest BCUT2D eigenvalue weighted by molar-refractivity contribution is 7.93. The summed E-state index contributed by atoms with van der Waals surface area (Å²) in [7, 11) is -6.50. The Morgan fingerprint density at radius 2 is 1.75 bits per heavy atom. The second kappa shape index (κ2) is 6.58. The first-order valence-electron chi connectivity index (χ1n) is 6.52. The Hall–Kier alpha value is -1.84. The predicted octanol–water partition coefficient (Wildman–Crippen LogP) is 2.68. The topological polar surface area (TPSA) is 83.6 Å². The van der Waals surface area contributed by atoms with Gasteiger partial charge in [0, 0.05) is 18.1 Å². The minimum atomic E-state index is -4.08. The average molecular weight is 393 g/mol. The van der Waals surface area contributed by atoms with Crippen LogP contribution in [0.15, 0.2) is 47.4 Å². The largest absolute Gasteiger partial charge is 0.277 e. The Labute approximate surface area is 145 Å². The van der Waals surface area contributed by atoms with Crippen molar-refractivity contribution in [2.75, 3.05) is 22.3 Å². The van der Waals surface area contributed by atoms with Crippen LogP contribution in [0.1, 0.15) is 0 Å². The van der Waals surface area contributed by atoms with E-state index in [9.17, 15) is 21.2 Å². The summed E-state index contributed by atoms with van der Waals surface area (Å²) in [5, 5.41) is 0.214. The van der Waals surface area contributed by atoms with E-state index in [2.05, 4.69) is 4.72 Å². The smallest absolute Gasteiger partial charge is 0.262 e. The number of anilines is 2. The Morgan fingerprint density at radius 3 is 2.33 bits per heavy atom. The van der Waals surface area contributed by atoms with E-state index in [0.717, 1.165) is 22.7 Å². The lowest BCUT2D eigenvalue weighted by Crippen LogP contribution is -2.26. The first-order valence-corrected chi connectivity index (χ1v) is 10.2. The fraction of sp³-hybridized carbons (Fsp3) is 0.143. The summed E-state index contributed by atoms with van der Waals surface area (Å²) < 4.78 is 64.8. The Kier molecular flexibility index (Phi) is 5.07. The zero-order valence-electron chi connectivity index (χ0n) is 12.7. The molecule has 0 fully saturated rings. The fourth-order valence-corrected chi connectivity index (χ4v) is 3.76. The standard InChI is InChI=1S/C14H14ClFN2O4S2/c1-18(23(2,19)20)14-7-6-11(16)9-13(14)17-24(21,22)12-5-3-4-10(15)8-12/h3-9,17H,1-2H3. The highest BCUT2D eigenvalue weighted by Crippen LogP contribution is 2.30. The predicted molar refractivity (Wildman–Crippen MR) is 91.9 cm³/mol. The van der Waals surface area contributed by atoms with E-state index in [1.165, 1.54) is 37.4 Å². The molecule has 2 aromatic rings. The van der Waals surface area contributed by atoms with E-state index in [1.54, 1.807) is 0 Å². The molecule has 2 aromatic carbocycles. The van der Waals surface area contributed by atoms with Crippen molar-refractivity contribution in [1.82, 2.24) is 0 Å². The number of benzene rings is 2. The van der Waals surface area contributed by atoms with Gasteiger partial charge in [-0.2, -0.15) is 0 Å². The van der Waals surface area contributed by atoms with Gasteiger partial charge in [0.1, 0.15) is 5.82 Å². The summed E-state index contributed by atoms with van der Waals surface area (Å²) in [5.41, 5.74) is -0.215. The van der Waals surface area contributed by atoms with Crippen molar-refractivity contribution in [3.05, 3.63) is 53.3 Å². The van der Waals surface area contributed by atoms with Gasteiger partial charge in [-0.1, -0.05) is 17.7 Å². The molecule has 0 spiro atoms. The number of hydrogen-bond donors (Lipinski definition) is 1. The molecule has 10 heteroatoms. The van der Waals surface area contributed by atoms with Crippen molar-refractivity contribution in [3.8, 4) is 0 Å². The summed E-state index contributed by atoms with van der Waals surface area (Å²) in [6.07, 6.45) is 0.950. The molecule has 24 heavy (non-hydrogen) atoms. The van der Waals surface area contributed by atoms with Crippen LogP contribution in [-0.2, 0) is 20.0 Å². The molecule has 6 nitrogen and oxygen atoms in total. The van der Waals surface area contributed by atoms with Crippen LogP contribution >= 0.6 is 11.6 Å². The van der Waals surface area contributed by atoms with E-state index in [0.29, 0.717) is 0 Å². The van der Waals surface area contributed by atoms with Gasteiger partial charge in [-0.05, 0) is 30.3 Å². The quantitative estimate of drug-likeness (QED) is 0.847. The van der Waals surface area contributed by atoms with E-state index in [4.69, 9.17) is 11.6 Å². The van der Waals surface area contributed by atoms with E-state index >= 15 is 0 Å². The summed E-state index contributed by atoms with van der Waals surface area (Å²) in [6.45, 7) is 0.